The molecule has 1 heterocycles. The van der Waals surface area contributed by atoms with E-state index in [0.29, 0.717) is 19.7 Å². The topological polar surface area (TPSA) is 38.8 Å². The van der Waals surface area contributed by atoms with E-state index in [9.17, 15) is 4.79 Å². The number of benzene rings is 1. The van der Waals surface area contributed by atoms with Crippen molar-refractivity contribution in [3.63, 3.8) is 0 Å². The molecule has 1 aromatic carbocycles. The molecule has 0 saturated carbocycles. The van der Waals surface area contributed by atoms with E-state index in [1.807, 2.05) is 24.3 Å². The Labute approximate surface area is 118 Å². The average Bonchev–Trinajstić information content (AvgIpc) is 2.42. The second-order valence-corrected chi connectivity index (χ2v) is 4.97. The molecule has 4 nitrogen and oxygen atoms in total. The van der Waals surface area contributed by atoms with E-state index in [0.717, 1.165) is 17.0 Å². The second kappa shape index (κ2) is 6.89. The number of methoxy groups -OCH3 is 1. The van der Waals surface area contributed by atoms with Crippen LogP contribution in [0.15, 0.2) is 24.3 Å². The molecule has 1 aliphatic heterocycles. The van der Waals surface area contributed by atoms with E-state index in [4.69, 9.17) is 21.1 Å². The fraction of sp³-hybridized carbons (Fsp3) is 0.500. The minimum Gasteiger partial charge on any atom is -0.375 e. The summed E-state index contributed by atoms with van der Waals surface area (Å²) < 4.78 is 10.6. The van der Waals surface area contributed by atoms with Gasteiger partial charge in [-0.3, -0.25) is 4.79 Å². The summed E-state index contributed by atoms with van der Waals surface area (Å²) in [5.41, 5.74) is 1.05. The van der Waals surface area contributed by atoms with E-state index in [1.165, 1.54) is 7.11 Å². The van der Waals surface area contributed by atoms with Gasteiger partial charge in [0, 0.05) is 31.6 Å². The summed E-state index contributed by atoms with van der Waals surface area (Å²) in [6, 6.07) is 7.72. The maximum Gasteiger partial charge on any atom is 0.248 e. The van der Waals surface area contributed by atoms with Crippen molar-refractivity contribution < 1.29 is 14.3 Å². The van der Waals surface area contributed by atoms with Crippen molar-refractivity contribution in [3.05, 3.63) is 34.9 Å². The average molecular weight is 284 g/mol. The fourth-order valence-electron chi connectivity index (χ4n) is 2.19. The minimum atomic E-state index is -0.00513. The maximum absolute atomic E-state index is 11.8. The first kappa shape index (κ1) is 14.3. The lowest BCUT2D eigenvalue weighted by Gasteiger charge is -2.33. The van der Waals surface area contributed by atoms with Crippen LogP contribution < -0.4 is 0 Å². The Morgan fingerprint density at radius 2 is 2.32 bits per heavy atom. The van der Waals surface area contributed by atoms with Gasteiger partial charge in [-0.05, 0) is 11.6 Å². The molecule has 1 aromatic rings. The van der Waals surface area contributed by atoms with Gasteiger partial charge in [0.2, 0.25) is 5.91 Å². The monoisotopic (exact) mass is 283 g/mol. The zero-order valence-corrected chi connectivity index (χ0v) is 11.7. The lowest BCUT2D eigenvalue weighted by Crippen LogP contribution is -2.47. The van der Waals surface area contributed by atoms with Crippen LogP contribution in [-0.2, 0) is 20.7 Å². The van der Waals surface area contributed by atoms with Crippen molar-refractivity contribution in [3.8, 4) is 0 Å². The summed E-state index contributed by atoms with van der Waals surface area (Å²) >= 11 is 6.14. The Morgan fingerprint density at radius 3 is 3.05 bits per heavy atom. The first-order valence-electron chi connectivity index (χ1n) is 6.32. The van der Waals surface area contributed by atoms with Crippen LogP contribution in [0, 0.1) is 0 Å². The van der Waals surface area contributed by atoms with Crippen LogP contribution >= 0.6 is 11.6 Å². The van der Waals surface area contributed by atoms with Gasteiger partial charge in [0.05, 0.1) is 12.7 Å². The summed E-state index contributed by atoms with van der Waals surface area (Å²) in [6.45, 7) is 1.90. The van der Waals surface area contributed by atoms with Crippen LogP contribution in [-0.4, -0.2) is 50.3 Å². The van der Waals surface area contributed by atoms with Crippen LogP contribution in [0.1, 0.15) is 5.56 Å². The molecule has 1 amide bonds. The Hall–Kier alpha value is -1.10. The largest absolute Gasteiger partial charge is 0.375 e. The molecular weight excluding hydrogens is 266 g/mol. The van der Waals surface area contributed by atoms with Gasteiger partial charge in [-0.2, -0.15) is 0 Å². The molecule has 0 bridgehead atoms. The Morgan fingerprint density at radius 1 is 1.53 bits per heavy atom. The highest BCUT2D eigenvalue weighted by Crippen LogP contribution is 2.19. The molecule has 5 heteroatoms. The molecule has 1 unspecified atom stereocenters. The number of halogens is 1. The van der Waals surface area contributed by atoms with Crippen LogP contribution in [0.3, 0.4) is 0 Å². The van der Waals surface area contributed by atoms with Crippen LogP contribution in [0.25, 0.3) is 0 Å². The number of nitrogens with zero attached hydrogens (tertiary/aromatic N) is 1. The summed E-state index contributed by atoms with van der Waals surface area (Å²) in [6.07, 6.45) is 0.714. The summed E-state index contributed by atoms with van der Waals surface area (Å²) in [4.78, 5) is 13.6. The van der Waals surface area contributed by atoms with E-state index in [1.54, 1.807) is 4.90 Å². The lowest BCUT2D eigenvalue weighted by atomic mass is 10.1. The van der Waals surface area contributed by atoms with E-state index in [2.05, 4.69) is 0 Å². The summed E-state index contributed by atoms with van der Waals surface area (Å²) in [5, 5.41) is 0.742. The molecule has 2 rings (SSSR count). The van der Waals surface area contributed by atoms with Gasteiger partial charge < -0.3 is 14.4 Å². The Balaban J connectivity index is 1.94. The van der Waals surface area contributed by atoms with E-state index >= 15 is 0 Å². The molecular formula is C14H18ClNO3. The quantitative estimate of drug-likeness (QED) is 0.845. The predicted octanol–water partition coefficient (Wildman–Crippen LogP) is 1.76. The third kappa shape index (κ3) is 3.93. The number of carbonyl (C=O) groups excluding carboxylic acids is 1. The lowest BCUT2D eigenvalue weighted by molar-refractivity contribution is -0.142. The van der Waals surface area contributed by atoms with Crippen molar-refractivity contribution in [1.29, 1.82) is 0 Å². The molecule has 1 saturated heterocycles. The van der Waals surface area contributed by atoms with E-state index in [-0.39, 0.29) is 18.6 Å². The number of carbonyl (C=O) groups is 1. The van der Waals surface area contributed by atoms with Gasteiger partial charge >= 0.3 is 0 Å². The third-order valence-electron chi connectivity index (χ3n) is 3.16. The summed E-state index contributed by atoms with van der Waals surface area (Å²) in [5.74, 6) is 0.00922. The number of hydrogen-bond acceptors (Lipinski definition) is 3. The van der Waals surface area contributed by atoms with Gasteiger partial charge in [0.1, 0.15) is 6.61 Å². The van der Waals surface area contributed by atoms with Crippen molar-refractivity contribution in [2.24, 2.45) is 0 Å². The van der Waals surface area contributed by atoms with Crippen LogP contribution in [0.2, 0.25) is 5.02 Å². The van der Waals surface area contributed by atoms with Crippen molar-refractivity contribution >= 4 is 17.5 Å². The molecule has 104 valence electrons. The Bertz CT molecular complexity index is 438. The van der Waals surface area contributed by atoms with Crippen molar-refractivity contribution in [2.45, 2.75) is 12.5 Å². The Kier molecular flexibility index (Phi) is 5.19. The highest BCUT2D eigenvalue weighted by Gasteiger charge is 2.24. The minimum absolute atomic E-state index is 0.00513. The first-order valence-corrected chi connectivity index (χ1v) is 6.70. The highest BCUT2D eigenvalue weighted by atomic mass is 35.5. The molecule has 0 radical (unpaired) electrons. The molecule has 19 heavy (non-hydrogen) atoms. The molecule has 0 N–H and O–H groups in total. The SMILES string of the molecule is COCC(=O)N1CCOC(Cc2ccccc2Cl)C1. The molecule has 1 aliphatic rings. The number of morpholine rings is 1. The number of amides is 1. The highest BCUT2D eigenvalue weighted by molar-refractivity contribution is 6.31. The fourth-order valence-corrected chi connectivity index (χ4v) is 2.41. The van der Waals surface area contributed by atoms with Gasteiger partial charge in [-0.15, -0.1) is 0 Å². The van der Waals surface area contributed by atoms with Crippen molar-refractivity contribution in [1.82, 2.24) is 4.90 Å². The van der Waals surface area contributed by atoms with Crippen molar-refractivity contribution in [2.75, 3.05) is 33.4 Å². The summed E-state index contributed by atoms with van der Waals surface area (Å²) in [7, 11) is 1.53. The van der Waals surface area contributed by atoms with Gasteiger partial charge in [-0.1, -0.05) is 29.8 Å². The molecule has 0 spiro atoms. The standard InChI is InChI=1S/C14H18ClNO3/c1-18-10-14(17)16-6-7-19-12(9-16)8-11-4-2-3-5-13(11)15/h2-5,12H,6-10H2,1H3. The van der Waals surface area contributed by atoms with Crippen LogP contribution in [0.4, 0.5) is 0 Å². The predicted molar refractivity (Wildman–Crippen MR) is 73.4 cm³/mol. The zero-order valence-electron chi connectivity index (χ0n) is 11.0. The van der Waals surface area contributed by atoms with Gasteiger partial charge in [-0.25, -0.2) is 0 Å². The number of hydrogen-bond donors (Lipinski definition) is 0. The molecule has 1 atom stereocenters. The van der Waals surface area contributed by atoms with Gasteiger partial charge in [0.15, 0.2) is 0 Å². The first-order chi connectivity index (χ1) is 9.20. The molecule has 0 aromatic heterocycles. The smallest absolute Gasteiger partial charge is 0.248 e. The van der Waals surface area contributed by atoms with E-state index < -0.39 is 0 Å². The van der Waals surface area contributed by atoms with Gasteiger partial charge in [0.25, 0.3) is 0 Å². The second-order valence-electron chi connectivity index (χ2n) is 4.56. The maximum atomic E-state index is 11.8. The van der Waals surface area contributed by atoms with Crippen LogP contribution in [0.5, 0.6) is 0 Å². The zero-order chi connectivity index (χ0) is 13.7. The number of rotatable bonds is 4. The molecule has 0 aliphatic carbocycles. The third-order valence-corrected chi connectivity index (χ3v) is 3.53. The number of ether oxygens (including phenoxy) is 2. The normalized spacial score (nSPS) is 19.5. The molecule has 1 fully saturated rings.